The van der Waals surface area contributed by atoms with Gasteiger partial charge in [0.2, 0.25) is 0 Å². The Kier molecular flexibility index (Phi) is 9.58. The number of nitrogens with one attached hydrogen (secondary N) is 1. The van der Waals surface area contributed by atoms with Gasteiger partial charge < -0.3 is 14.6 Å². The van der Waals surface area contributed by atoms with Crippen molar-refractivity contribution in [1.29, 1.82) is 0 Å². The fourth-order valence-electron chi connectivity index (χ4n) is 3.85. The second-order valence-corrected chi connectivity index (χ2v) is 9.01. The zero-order valence-corrected chi connectivity index (χ0v) is 20.9. The number of nitrogens with zero attached hydrogens (tertiary/aromatic N) is 2. The fraction of sp³-hybridized carbons (Fsp3) is 0.429. The Bertz CT molecular complexity index is 1200. The molecule has 1 heterocycles. The lowest BCUT2D eigenvalue weighted by atomic mass is 10.0. The van der Waals surface area contributed by atoms with Crippen LogP contribution in [0.4, 0.5) is 0 Å². The summed E-state index contributed by atoms with van der Waals surface area (Å²) < 4.78 is 6.84. The number of para-hydroxylation sites is 2. The van der Waals surface area contributed by atoms with E-state index < -0.39 is 5.97 Å². The lowest BCUT2D eigenvalue weighted by Crippen LogP contribution is -2.30. The van der Waals surface area contributed by atoms with Gasteiger partial charge in [-0.25, -0.2) is 4.98 Å². The number of fused-ring (bicyclic) bond motifs is 1. The van der Waals surface area contributed by atoms with Crippen molar-refractivity contribution < 1.29 is 14.3 Å². The molecule has 0 saturated carbocycles. The highest BCUT2D eigenvalue weighted by atomic mass is 16.5. The van der Waals surface area contributed by atoms with E-state index in [9.17, 15) is 14.4 Å². The normalized spacial score (nSPS) is 11.1. The quantitative estimate of drug-likeness (QED) is 0.396. The van der Waals surface area contributed by atoms with Crippen LogP contribution in [-0.2, 0) is 33.7 Å². The third-order valence-corrected chi connectivity index (χ3v) is 5.97. The highest BCUT2D eigenvalue weighted by Crippen LogP contribution is 2.15. The highest BCUT2D eigenvalue weighted by Gasteiger charge is 2.14. The van der Waals surface area contributed by atoms with E-state index in [-0.39, 0.29) is 30.9 Å². The first-order valence-corrected chi connectivity index (χ1v) is 12.4. The lowest BCUT2D eigenvalue weighted by Gasteiger charge is -2.12. The van der Waals surface area contributed by atoms with Gasteiger partial charge in [0, 0.05) is 19.5 Å². The summed E-state index contributed by atoms with van der Waals surface area (Å²) in [5.41, 5.74) is 4.10. The Hall–Kier alpha value is -3.48. The first kappa shape index (κ1) is 26.1. The number of carbonyl (C=O) groups is 2. The molecule has 3 aromatic rings. The summed E-state index contributed by atoms with van der Waals surface area (Å²) in [6.45, 7) is 7.12. The van der Waals surface area contributed by atoms with Gasteiger partial charge in [-0.1, -0.05) is 63.6 Å². The number of esters is 1. The number of amides is 1. The molecule has 0 aliphatic rings. The molecule has 0 saturated heterocycles. The lowest BCUT2D eigenvalue weighted by molar-refractivity contribution is -0.148. The summed E-state index contributed by atoms with van der Waals surface area (Å²) in [6.07, 6.45) is 2.72. The van der Waals surface area contributed by atoms with Gasteiger partial charge in [0.1, 0.15) is 5.69 Å². The third kappa shape index (κ3) is 7.50. The van der Waals surface area contributed by atoms with E-state index in [0.29, 0.717) is 31.1 Å². The summed E-state index contributed by atoms with van der Waals surface area (Å²) in [6, 6.07) is 15.9. The molecule has 0 fully saturated rings. The van der Waals surface area contributed by atoms with Crippen LogP contribution >= 0.6 is 0 Å². The van der Waals surface area contributed by atoms with Crippen LogP contribution in [0.25, 0.3) is 11.0 Å². The Morgan fingerprint density at radius 1 is 1.06 bits per heavy atom. The minimum atomic E-state index is -0.529. The zero-order valence-electron chi connectivity index (χ0n) is 20.9. The van der Waals surface area contributed by atoms with E-state index in [4.69, 9.17) is 4.74 Å². The Balaban J connectivity index is 1.46. The molecular weight excluding hydrogens is 442 g/mol. The molecule has 0 bridgehead atoms. The number of carbonyl (C=O) groups excluding carboxylic acids is 2. The molecule has 0 spiro atoms. The Morgan fingerprint density at radius 3 is 2.51 bits per heavy atom. The number of ether oxygens (including phenoxy) is 1. The molecule has 186 valence electrons. The second-order valence-electron chi connectivity index (χ2n) is 9.01. The van der Waals surface area contributed by atoms with Crippen molar-refractivity contribution in [2.24, 2.45) is 0 Å². The van der Waals surface area contributed by atoms with Gasteiger partial charge in [-0.15, -0.1) is 0 Å². The van der Waals surface area contributed by atoms with Gasteiger partial charge in [-0.3, -0.25) is 14.4 Å². The van der Waals surface area contributed by atoms with E-state index in [1.54, 1.807) is 4.57 Å². The standard InChI is InChI=1S/C28H35N3O4/c1-4-5-18-31-25-9-7-6-8-23(25)30-24(28(31)34)14-15-27(33)35-19-26(32)29-17-16-21-10-12-22(13-11-21)20(2)3/h6-13,20H,4-5,14-19H2,1-3H3,(H,29,32). The fourth-order valence-corrected chi connectivity index (χ4v) is 3.85. The van der Waals surface area contributed by atoms with Crippen LogP contribution in [0.3, 0.4) is 0 Å². The summed E-state index contributed by atoms with van der Waals surface area (Å²) in [5.74, 6) is -0.389. The average molecular weight is 478 g/mol. The second kappa shape index (κ2) is 12.8. The molecule has 0 aliphatic carbocycles. The summed E-state index contributed by atoms with van der Waals surface area (Å²) in [5, 5.41) is 2.77. The van der Waals surface area contributed by atoms with Crippen molar-refractivity contribution in [3.8, 4) is 0 Å². The molecule has 7 heteroatoms. The van der Waals surface area contributed by atoms with Crippen LogP contribution in [0, 0.1) is 0 Å². The van der Waals surface area contributed by atoms with Crippen molar-refractivity contribution in [1.82, 2.24) is 14.9 Å². The first-order chi connectivity index (χ1) is 16.9. The molecule has 3 rings (SSSR count). The molecule has 1 aromatic heterocycles. The van der Waals surface area contributed by atoms with Gasteiger partial charge >= 0.3 is 5.97 Å². The van der Waals surface area contributed by atoms with Crippen LogP contribution in [0.2, 0.25) is 0 Å². The molecule has 0 radical (unpaired) electrons. The monoisotopic (exact) mass is 477 g/mol. The first-order valence-electron chi connectivity index (χ1n) is 12.4. The maximum absolute atomic E-state index is 12.9. The van der Waals surface area contributed by atoms with E-state index >= 15 is 0 Å². The van der Waals surface area contributed by atoms with Crippen molar-refractivity contribution >= 4 is 22.9 Å². The Labute approximate surface area is 206 Å². The van der Waals surface area contributed by atoms with Gasteiger partial charge in [0.05, 0.1) is 17.5 Å². The molecule has 0 unspecified atom stereocenters. The topological polar surface area (TPSA) is 90.3 Å². The molecular formula is C28H35N3O4. The number of unbranched alkanes of at least 4 members (excludes halogenated alkanes) is 1. The summed E-state index contributed by atoms with van der Waals surface area (Å²) >= 11 is 0. The zero-order chi connectivity index (χ0) is 25.2. The minimum absolute atomic E-state index is 0.0101. The predicted molar refractivity (Wildman–Crippen MR) is 137 cm³/mol. The van der Waals surface area contributed by atoms with E-state index in [0.717, 1.165) is 29.4 Å². The van der Waals surface area contributed by atoms with Crippen LogP contribution in [-0.4, -0.2) is 34.6 Å². The molecule has 7 nitrogen and oxygen atoms in total. The SMILES string of the molecule is CCCCn1c(=O)c(CCC(=O)OCC(=O)NCCc2ccc(C(C)C)cc2)nc2ccccc21. The molecule has 0 aliphatic heterocycles. The van der Waals surface area contributed by atoms with Crippen LogP contribution < -0.4 is 10.9 Å². The van der Waals surface area contributed by atoms with Crippen molar-refractivity contribution in [2.45, 2.75) is 65.3 Å². The minimum Gasteiger partial charge on any atom is -0.456 e. The van der Waals surface area contributed by atoms with Gasteiger partial charge in [0.25, 0.3) is 11.5 Å². The third-order valence-electron chi connectivity index (χ3n) is 5.97. The maximum Gasteiger partial charge on any atom is 0.306 e. The molecule has 0 atom stereocenters. The van der Waals surface area contributed by atoms with E-state index in [1.165, 1.54) is 5.56 Å². The average Bonchev–Trinajstić information content (AvgIpc) is 2.86. The van der Waals surface area contributed by atoms with Crippen LogP contribution in [0.5, 0.6) is 0 Å². The number of hydrogen-bond donors (Lipinski definition) is 1. The largest absolute Gasteiger partial charge is 0.456 e. The summed E-state index contributed by atoms with van der Waals surface area (Å²) in [7, 11) is 0. The van der Waals surface area contributed by atoms with E-state index in [1.807, 2.05) is 24.3 Å². The van der Waals surface area contributed by atoms with Gasteiger partial charge in [-0.05, 0) is 42.0 Å². The molecule has 2 aromatic carbocycles. The molecule has 1 amide bonds. The number of aromatic nitrogens is 2. The van der Waals surface area contributed by atoms with Crippen molar-refractivity contribution in [3.05, 3.63) is 75.7 Å². The smallest absolute Gasteiger partial charge is 0.306 e. The van der Waals surface area contributed by atoms with Crippen LogP contribution in [0.1, 0.15) is 62.8 Å². The van der Waals surface area contributed by atoms with Gasteiger partial charge in [0.15, 0.2) is 6.61 Å². The van der Waals surface area contributed by atoms with Crippen molar-refractivity contribution in [3.63, 3.8) is 0 Å². The number of aryl methyl sites for hydroxylation is 2. The Morgan fingerprint density at radius 2 is 1.80 bits per heavy atom. The van der Waals surface area contributed by atoms with Gasteiger partial charge in [-0.2, -0.15) is 0 Å². The predicted octanol–water partition coefficient (Wildman–Crippen LogP) is 4.15. The molecule has 1 N–H and O–H groups in total. The number of benzene rings is 2. The maximum atomic E-state index is 12.9. The molecule has 35 heavy (non-hydrogen) atoms. The van der Waals surface area contributed by atoms with Crippen molar-refractivity contribution in [2.75, 3.05) is 13.2 Å². The number of hydrogen-bond acceptors (Lipinski definition) is 5. The van der Waals surface area contributed by atoms with Crippen LogP contribution in [0.15, 0.2) is 53.3 Å². The summed E-state index contributed by atoms with van der Waals surface area (Å²) in [4.78, 5) is 41.7. The van der Waals surface area contributed by atoms with E-state index in [2.05, 4.69) is 55.3 Å². The highest BCUT2D eigenvalue weighted by molar-refractivity contribution is 5.80. The number of rotatable bonds is 12.